The molecule has 6 nitrogen and oxygen atoms in total. The van der Waals surface area contributed by atoms with Crippen LogP contribution in [0.15, 0.2) is 42.5 Å². The lowest BCUT2D eigenvalue weighted by molar-refractivity contribution is -0.384. The van der Waals surface area contributed by atoms with Crippen LogP contribution in [0, 0.1) is 17.0 Å². The molecule has 1 N–H and O–H groups in total. The van der Waals surface area contributed by atoms with E-state index >= 15 is 0 Å². The predicted molar refractivity (Wildman–Crippen MR) is 90.0 cm³/mol. The van der Waals surface area contributed by atoms with E-state index in [4.69, 9.17) is 4.74 Å². The first kappa shape index (κ1) is 16.0. The van der Waals surface area contributed by atoms with Gasteiger partial charge in [0.2, 0.25) is 0 Å². The van der Waals surface area contributed by atoms with E-state index < -0.39 is 10.9 Å². The summed E-state index contributed by atoms with van der Waals surface area (Å²) in [7, 11) is 0. The third-order valence-corrected chi connectivity index (χ3v) is 3.99. The molecule has 0 atom stereocenters. The fourth-order valence-corrected chi connectivity index (χ4v) is 2.38. The Morgan fingerprint density at radius 1 is 1.29 bits per heavy atom. The van der Waals surface area contributed by atoms with Gasteiger partial charge in [-0.25, -0.2) is 4.79 Å². The van der Waals surface area contributed by atoms with E-state index in [1.807, 2.05) is 31.2 Å². The van der Waals surface area contributed by atoms with Crippen LogP contribution < -0.4 is 5.32 Å². The highest BCUT2D eigenvalue weighted by Gasteiger charge is 2.25. The van der Waals surface area contributed by atoms with Gasteiger partial charge in [0.15, 0.2) is 0 Å². The molecule has 0 saturated heterocycles. The Morgan fingerprint density at radius 2 is 2.04 bits per heavy atom. The fraction of sp³-hybridized carbons (Fsp3) is 0.278. The summed E-state index contributed by atoms with van der Waals surface area (Å²) in [6.45, 7) is 2.08. The van der Waals surface area contributed by atoms with E-state index in [1.54, 1.807) is 12.1 Å². The third-order valence-electron chi connectivity index (χ3n) is 3.99. The van der Waals surface area contributed by atoms with Crippen molar-refractivity contribution in [1.82, 2.24) is 0 Å². The topological polar surface area (TPSA) is 81.5 Å². The second kappa shape index (κ2) is 6.70. The summed E-state index contributed by atoms with van der Waals surface area (Å²) < 4.78 is 5.28. The van der Waals surface area contributed by atoms with Crippen molar-refractivity contribution in [2.75, 3.05) is 5.32 Å². The van der Waals surface area contributed by atoms with Crippen LogP contribution in [0.3, 0.4) is 0 Å². The highest BCUT2D eigenvalue weighted by molar-refractivity contribution is 5.91. The second-order valence-electron chi connectivity index (χ2n) is 5.91. The van der Waals surface area contributed by atoms with E-state index in [0.717, 1.165) is 24.0 Å². The zero-order chi connectivity index (χ0) is 17.1. The van der Waals surface area contributed by atoms with E-state index in [0.29, 0.717) is 11.7 Å². The van der Waals surface area contributed by atoms with E-state index in [2.05, 4.69) is 5.32 Å². The number of esters is 1. The number of nitro groups is 1. The number of ether oxygens (including phenoxy) is 1. The molecule has 1 aliphatic carbocycles. The number of nitrogens with one attached hydrogen (secondary N) is 1. The first-order chi connectivity index (χ1) is 11.5. The lowest BCUT2D eigenvalue weighted by atomic mass is 10.1. The summed E-state index contributed by atoms with van der Waals surface area (Å²) in [6, 6.07) is 12.3. The number of hydrogen-bond acceptors (Lipinski definition) is 5. The highest BCUT2D eigenvalue weighted by atomic mass is 16.6. The monoisotopic (exact) mass is 326 g/mol. The second-order valence-corrected chi connectivity index (χ2v) is 5.91. The Kier molecular flexibility index (Phi) is 4.46. The lowest BCUT2D eigenvalue weighted by Crippen LogP contribution is -2.09. The Morgan fingerprint density at radius 3 is 2.71 bits per heavy atom. The van der Waals surface area contributed by atoms with Gasteiger partial charge in [-0.3, -0.25) is 10.1 Å². The maximum atomic E-state index is 12.2. The molecule has 124 valence electrons. The third kappa shape index (κ3) is 3.71. The van der Waals surface area contributed by atoms with Gasteiger partial charge in [-0.2, -0.15) is 0 Å². The van der Waals surface area contributed by atoms with Crippen LogP contribution in [-0.2, 0) is 11.3 Å². The van der Waals surface area contributed by atoms with Gasteiger partial charge in [0.1, 0.15) is 12.3 Å². The summed E-state index contributed by atoms with van der Waals surface area (Å²) >= 11 is 0. The number of rotatable bonds is 6. The van der Waals surface area contributed by atoms with Crippen LogP contribution in [-0.4, -0.2) is 16.9 Å². The number of carbonyl (C=O) groups excluding carboxylic acids is 1. The van der Waals surface area contributed by atoms with Gasteiger partial charge in [0, 0.05) is 12.1 Å². The van der Waals surface area contributed by atoms with Crippen LogP contribution in [0.1, 0.15) is 34.3 Å². The smallest absolute Gasteiger partial charge is 0.338 e. The average Bonchev–Trinajstić information content (AvgIpc) is 3.38. The zero-order valence-electron chi connectivity index (χ0n) is 13.3. The van der Waals surface area contributed by atoms with E-state index in [-0.39, 0.29) is 17.9 Å². The van der Waals surface area contributed by atoms with Crippen molar-refractivity contribution < 1.29 is 14.5 Å². The first-order valence-corrected chi connectivity index (χ1v) is 7.81. The minimum Gasteiger partial charge on any atom is -0.457 e. The molecule has 1 fully saturated rings. The average molecular weight is 326 g/mol. The molecule has 0 heterocycles. The van der Waals surface area contributed by atoms with Crippen LogP contribution in [0.4, 0.5) is 11.4 Å². The number of aryl methyl sites for hydroxylation is 1. The molecule has 2 aromatic rings. The molecule has 1 aliphatic rings. The number of nitro benzene ring substituents is 1. The Balaban J connectivity index is 1.73. The maximum absolute atomic E-state index is 12.2. The predicted octanol–water partition coefficient (Wildman–Crippen LogP) is 3.83. The van der Waals surface area contributed by atoms with Crippen molar-refractivity contribution in [1.29, 1.82) is 0 Å². The van der Waals surface area contributed by atoms with Gasteiger partial charge in [-0.05, 0) is 43.0 Å². The summed E-state index contributed by atoms with van der Waals surface area (Å²) in [6.07, 6.45) is 2.02. The molecule has 6 heteroatoms. The molecule has 0 unspecified atom stereocenters. The normalized spacial score (nSPS) is 13.4. The molecular formula is C18H18N2O4. The van der Waals surface area contributed by atoms with Gasteiger partial charge in [0.25, 0.3) is 5.69 Å². The van der Waals surface area contributed by atoms with Gasteiger partial charge in [-0.15, -0.1) is 0 Å². The van der Waals surface area contributed by atoms with Crippen molar-refractivity contribution in [3.05, 3.63) is 69.3 Å². The van der Waals surface area contributed by atoms with Crippen molar-refractivity contribution in [2.24, 2.45) is 0 Å². The van der Waals surface area contributed by atoms with Crippen LogP contribution in [0.5, 0.6) is 0 Å². The number of nitrogens with zero attached hydrogens (tertiary/aromatic N) is 1. The molecule has 0 radical (unpaired) electrons. The Bertz CT molecular complexity index is 784. The molecule has 1 saturated carbocycles. The quantitative estimate of drug-likeness (QED) is 0.495. The van der Waals surface area contributed by atoms with Crippen LogP contribution in [0.2, 0.25) is 0 Å². The molecule has 0 aromatic heterocycles. The summed E-state index contributed by atoms with van der Waals surface area (Å²) in [5.74, 6) is -0.570. The highest BCUT2D eigenvalue weighted by Crippen LogP contribution is 2.31. The Labute approximate surface area is 139 Å². The number of anilines is 1. The molecule has 0 amide bonds. The maximum Gasteiger partial charge on any atom is 0.338 e. The number of carbonyl (C=O) groups is 1. The van der Waals surface area contributed by atoms with Gasteiger partial charge in [-0.1, -0.05) is 24.3 Å². The van der Waals surface area contributed by atoms with Crippen LogP contribution >= 0.6 is 0 Å². The molecule has 24 heavy (non-hydrogen) atoms. The molecule has 2 aromatic carbocycles. The largest absolute Gasteiger partial charge is 0.457 e. The van der Waals surface area contributed by atoms with Crippen molar-refractivity contribution in [3.8, 4) is 0 Å². The van der Waals surface area contributed by atoms with Crippen molar-refractivity contribution in [3.63, 3.8) is 0 Å². The molecular weight excluding hydrogens is 308 g/mol. The van der Waals surface area contributed by atoms with E-state index in [9.17, 15) is 14.9 Å². The number of hydrogen-bond donors (Lipinski definition) is 1. The summed E-state index contributed by atoms with van der Waals surface area (Å²) in [5.41, 5.74) is 2.45. The van der Waals surface area contributed by atoms with Gasteiger partial charge >= 0.3 is 5.97 Å². The fourth-order valence-electron chi connectivity index (χ4n) is 2.38. The standard InChI is InChI=1S/C18H18N2O4/c1-12-4-2-3-5-14(12)11-24-18(21)13-6-9-16(19-15-7-8-15)17(10-13)20(22)23/h2-6,9-10,15,19H,7-8,11H2,1H3. The lowest BCUT2D eigenvalue weighted by Gasteiger charge is -2.09. The molecule has 0 bridgehead atoms. The zero-order valence-corrected chi connectivity index (χ0v) is 13.3. The van der Waals surface area contributed by atoms with Gasteiger partial charge < -0.3 is 10.1 Å². The summed E-state index contributed by atoms with van der Waals surface area (Å²) in [4.78, 5) is 22.9. The van der Waals surface area contributed by atoms with Crippen LogP contribution in [0.25, 0.3) is 0 Å². The molecule has 0 aliphatic heterocycles. The minimum absolute atomic E-state index is 0.104. The SMILES string of the molecule is Cc1ccccc1COC(=O)c1ccc(NC2CC2)c([N+](=O)[O-])c1. The molecule has 0 spiro atoms. The number of benzene rings is 2. The first-order valence-electron chi connectivity index (χ1n) is 7.81. The van der Waals surface area contributed by atoms with Crippen molar-refractivity contribution >= 4 is 17.3 Å². The summed E-state index contributed by atoms with van der Waals surface area (Å²) in [5, 5.41) is 14.3. The van der Waals surface area contributed by atoms with Gasteiger partial charge in [0.05, 0.1) is 10.5 Å². The van der Waals surface area contributed by atoms with Crippen molar-refractivity contribution in [2.45, 2.75) is 32.4 Å². The van der Waals surface area contributed by atoms with E-state index in [1.165, 1.54) is 6.07 Å². The molecule has 3 rings (SSSR count). The minimum atomic E-state index is -0.570. The Hall–Kier alpha value is -2.89.